The van der Waals surface area contributed by atoms with Gasteiger partial charge in [0.25, 0.3) is 0 Å². The normalized spacial score (nSPS) is 11.1. The van der Waals surface area contributed by atoms with Gasteiger partial charge in [0.2, 0.25) is 0 Å². The maximum absolute atomic E-state index is 9.29. The third-order valence-corrected chi connectivity index (χ3v) is 4.28. The number of carboxylic acids is 4. The Hall–Kier alpha value is -1.92. The Morgan fingerprint density at radius 3 is 0.667 bits per heavy atom. The molecule has 12 nitrogen and oxygen atoms in total. The first-order chi connectivity index (χ1) is 18.3. The van der Waals surface area contributed by atoms with Gasteiger partial charge in [-0.1, -0.05) is 48.6 Å². The summed E-state index contributed by atoms with van der Waals surface area (Å²) in [5.74, 6) is -3.86. The molecule has 39 heavy (non-hydrogen) atoms. The Labute approximate surface area is 250 Å². The Morgan fingerprint density at radius 1 is 0.487 bits per heavy atom. The molecule has 2 aliphatic carbocycles. The van der Waals surface area contributed by atoms with Crippen molar-refractivity contribution < 1.29 is 60.0 Å². The van der Waals surface area contributed by atoms with Gasteiger partial charge in [0.1, 0.15) is 0 Å². The molecule has 0 spiro atoms. The number of hydrogen-bond donors (Lipinski definition) is 12. The Balaban J connectivity index is -0.000000117. The lowest BCUT2D eigenvalue weighted by Crippen LogP contribution is -2.37. The van der Waals surface area contributed by atoms with Crippen LogP contribution in [0.5, 0.6) is 0 Å². The van der Waals surface area contributed by atoms with E-state index in [1.807, 2.05) is 0 Å². The molecule has 16 heteroatoms. The summed E-state index contributed by atoms with van der Waals surface area (Å²) in [6, 6.07) is 0. The largest absolute Gasteiger partial charge is 0.481 e. The highest BCUT2D eigenvalue weighted by molar-refractivity contribution is 7.81. The first kappa shape index (κ1) is 46.9. The smallest absolute Gasteiger partial charge is 0.313 e. The Kier molecular flexibility index (Phi) is 46.0. The van der Waals surface area contributed by atoms with E-state index < -0.39 is 55.7 Å². The maximum Gasteiger partial charge on any atom is 0.313 e. The zero-order valence-corrected chi connectivity index (χ0v) is 24.8. The van der Waals surface area contributed by atoms with E-state index in [-0.39, 0.29) is 23.0 Å². The summed E-state index contributed by atoms with van der Waals surface area (Å²) in [7, 11) is 0. The van der Waals surface area contributed by atoms with Crippen LogP contribution in [0.3, 0.4) is 0 Å². The van der Waals surface area contributed by atoms with Crippen LogP contribution < -0.4 is 0 Å². The molecule has 2 rings (SSSR count). The molecular formula is C23H40O12S4. The lowest BCUT2D eigenvalue weighted by atomic mass is 9.93. The summed E-state index contributed by atoms with van der Waals surface area (Å²) >= 11 is 13.7. The number of allylic oxidation sites excluding steroid dienone is 8. The fourth-order valence-corrected chi connectivity index (χ4v) is 1.09. The molecule has 0 radical (unpaired) electrons. The predicted octanol–water partition coefficient (Wildman–Crippen LogP) is 0.950. The van der Waals surface area contributed by atoms with Gasteiger partial charge >= 0.3 is 23.9 Å². The van der Waals surface area contributed by atoms with Gasteiger partial charge in [-0.05, 0) is 12.8 Å². The van der Waals surface area contributed by atoms with Crippen LogP contribution in [0.1, 0.15) is 12.8 Å². The summed E-state index contributed by atoms with van der Waals surface area (Å²) < 4.78 is 0. The molecular weight excluding hydrogens is 597 g/mol. The van der Waals surface area contributed by atoms with Crippen LogP contribution >= 0.6 is 50.5 Å². The molecule has 0 heterocycles. The second-order valence-electron chi connectivity index (χ2n) is 6.52. The van der Waals surface area contributed by atoms with Crippen molar-refractivity contribution in [3.63, 3.8) is 0 Å². The lowest BCUT2D eigenvalue weighted by molar-refractivity contribution is -0.134. The van der Waals surface area contributed by atoms with E-state index >= 15 is 0 Å². The number of aliphatic hydroxyl groups excluding tert-OH is 4. The van der Waals surface area contributed by atoms with Crippen molar-refractivity contribution in [2.45, 2.75) is 12.8 Å². The highest BCUT2D eigenvalue weighted by Gasteiger charge is 2.26. The second-order valence-corrected chi connectivity index (χ2v) is 7.79. The molecule has 0 aromatic rings. The molecule has 0 saturated heterocycles. The fraction of sp³-hybridized carbons (Fsp3) is 0.478. The maximum atomic E-state index is 9.29. The van der Waals surface area contributed by atoms with Crippen molar-refractivity contribution in [3.05, 3.63) is 48.6 Å². The first-order valence-corrected chi connectivity index (χ1v) is 13.2. The number of rotatable bonds is 8. The minimum absolute atomic E-state index is 0.0833. The molecule has 0 amide bonds. The molecule has 228 valence electrons. The minimum Gasteiger partial charge on any atom is -0.481 e. The quantitative estimate of drug-likeness (QED) is 0.167. The van der Waals surface area contributed by atoms with Gasteiger partial charge in [-0.25, -0.2) is 0 Å². The Morgan fingerprint density at radius 2 is 0.641 bits per heavy atom. The van der Waals surface area contributed by atoms with E-state index in [0.29, 0.717) is 0 Å². The van der Waals surface area contributed by atoms with Gasteiger partial charge < -0.3 is 40.9 Å². The molecule has 0 atom stereocenters. The van der Waals surface area contributed by atoms with Crippen molar-refractivity contribution in [1.29, 1.82) is 0 Å². The number of thiol groups is 4. The monoisotopic (exact) mass is 636 g/mol. The fourth-order valence-electron chi connectivity index (χ4n) is 1.09. The van der Waals surface area contributed by atoms with E-state index in [2.05, 4.69) is 99.1 Å². The molecule has 0 bridgehead atoms. The summed E-state index contributed by atoms with van der Waals surface area (Å²) in [6.45, 7) is -1.62. The number of hydrogen-bond acceptors (Lipinski definition) is 12. The molecule has 0 aromatic carbocycles. The standard InChI is InChI=1S/C5H12O4.2C5H6.4C2H4O2S/c6-1-5(2-7,3-8)4-9;2*1-2-4-5-3-1;4*3-2(4)1-5/h6-9H,1-4H2;2*1-4H,5H2;4*5H,1H2,(H,3,4). The van der Waals surface area contributed by atoms with Crippen LogP contribution in [0.15, 0.2) is 48.6 Å². The van der Waals surface area contributed by atoms with E-state index in [4.69, 9.17) is 40.9 Å². The molecule has 0 saturated carbocycles. The Bertz CT molecular complexity index is 606. The van der Waals surface area contributed by atoms with Crippen molar-refractivity contribution in [2.75, 3.05) is 49.4 Å². The summed E-state index contributed by atoms with van der Waals surface area (Å²) in [5.41, 5.74) is -1.11. The number of carbonyl (C=O) groups is 4. The average Bonchev–Trinajstić information content (AvgIpc) is 3.71. The van der Waals surface area contributed by atoms with Crippen molar-refractivity contribution in [2.24, 2.45) is 5.41 Å². The molecule has 0 fully saturated rings. The molecule has 2 aliphatic rings. The second kappa shape index (κ2) is 38.2. The third-order valence-electron chi connectivity index (χ3n) is 3.19. The van der Waals surface area contributed by atoms with Crippen molar-refractivity contribution in [1.82, 2.24) is 0 Å². The zero-order chi connectivity index (χ0) is 31.5. The number of aliphatic hydroxyl groups is 4. The van der Waals surface area contributed by atoms with Gasteiger partial charge in [0.05, 0.1) is 54.9 Å². The van der Waals surface area contributed by atoms with E-state index in [1.165, 1.54) is 0 Å². The highest BCUT2D eigenvalue weighted by atomic mass is 32.1. The van der Waals surface area contributed by atoms with E-state index in [1.54, 1.807) is 0 Å². The van der Waals surface area contributed by atoms with Crippen LogP contribution in [0.2, 0.25) is 0 Å². The van der Waals surface area contributed by atoms with E-state index in [9.17, 15) is 19.2 Å². The van der Waals surface area contributed by atoms with Crippen LogP contribution in [0.25, 0.3) is 0 Å². The third kappa shape index (κ3) is 53.1. The van der Waals surface area contributed by atoms with Gasteiger partial charge in [-0.3, -0.25) is 19.2 Å². The first-order valence-electron chi connectivity index (χ1n) is 10.7. The average molecular weight is 637 g/mol. The van der Waals surface area contributed by atoms with Gasteiger partial charge in [0, 0.05) is 0 Å². The predicted molar refractivity (Wildman–Crippen MR) is 163 cm³/mol. The van der Waals surface area contributed by atoms with Crippen molar-refractivity contribution >= 4 is 74.4 Å². The van der Waals surface area contributed by atoms with Crippen LogP contribution in [-0.4, -0.2) is 114 Å². The number of aliphatic carboxylic acids is 4. The number of carboxylic acid groups (broad SMARTS) is 4. The summed E-state index contributed by atoms with van der Waals surface area (Å²) in [4.78, 5) is 37.2. The zero-order valence-electron chi connectivity index (χ0n) is 21.2. The molecule has 0 unspecified atom stereocenters. The van der Waals surface area contributed by atoms with Crippen LogP contribution in [-0.2, 0) is 19.2 Å². The topological polar surface area (TPSA) is 230 Å². The van der Waals surface area contributed by atoms with Gasteiger partial charge in [0.15, 0.2) is 0 Å². The molecule has 8 N–H and O–H groups in total. The van der Waals surface area contributed by atoms with Crippen LogP contribution in [0, 0.1) is 5.41 Å². The van der Waals surface area contributed by atoms with Crippen molar-refractivity contribution in [3.8, 4) is 0 Å². The molecule has 0 aromatic heterocycles. The lowest BCUT2D eigenvalue weighted by Gasteiger charge is -2.23. The minimum atomic E-state index is -1.11. The van der Waals surface area contributed by atoms with E-state index in [0.717, 1.165) is 12.8 Å². The SMILES string of the molecule is C1=CCC=C1.C1=CCC=C1.O=C(O)CS.O=C(O)CS.O=C(O)CS.O=C(O)CS.OCC(CO)(CO)CO. The van der Waals surface area contributed by atoms with Crippen LogP contribution in [0.4, 0.5) is 0 Å². The highest BCUT2D eigenvalue weighted by Crippen LogP contribution is 2.11. The van der Waals surface area contributed by atoms with Gasteiger partial charge in [-0.2, -0.15) is 50.5 Å². The summed E-state index contributed by atoms with van der Waals surface area (Å²) in [5, 5.41) is 64.6. The summed E-state index contributed by atoms with van der Waals surface area (Å²) in [6.07, 6.45) is 19.0. The molecule has 0 aliphatic heterocycles. The van der Waals surface area contributed by atoms with Gasteiger partial charge in [-0.15, -0.1) is 0 Å².